The Morgan fingerprint density at radius 2 is 0.803 bits per heavy atom. The summed E-state index contributed by atoms with van der Waals surface area (Å²) in [6.07, 6.45) is 0. The Hall–Kier alpha value is -6.21. The second-order valence-electron chi connectivity index (χ2n) is 18.2. The number of methoxy groups -OCH3 is 2. The molecule has 0 saturated carbocycles. The largest absolute Gasteiger partial charge is 0.532 e. The average molecular weight is 919 g/mol. The van der Waals surface area contributed by atoms with Gasteiger partial charge >= 0.3 is 23.2 Å². The summed E-state index contributed by atoms with van der Waals surface area (Å²) in [6, 6.07) is 55.6. The third-order valence-corrected chi connectivity index (χ3v) is 14.1. The molecule has 1 unspecified atom stereocenters. The summed E-state index contributed by atoms with van der Waals surface area (Å²) in [7, 11) is -1.27. The van der Waals surface area contributed by atoms with Crippen LogP contribution in [0.15, 0.2) is 170 Å². The molecule has 9 rings (SSSR count). The number of carbonyl (C=O) groups is 1. The van der Waals surface area contributed by atoms with Gasteiger partial charge in [-0.15, -0.1) is 0 Å². The van der Waals surface area contributed by atoms with E-state index in [1.165, 1.54) is 0 Å². The lowest BCUT2D eigenvalue weighted by Gasteiger charge is -2.43. The van der Waals surface area contributed by atoms with Gasteiger partial charge in [-0.2, -0.15) is 0 Å². The summed E-state index contributed by atoms with van der Waals surface area (Å²) in [6.45, 7) is 12.6. The van der Waals surface area contributed by atoms with Crippen molar-refractivity contribution >= 4 is 23.2 Å². The zero-order valence-corrected chi connectivity index (χ0v) is 40.0. The number of carbonyl (C=O) groups excluding carboxylic acids is 1. The van der Waals surface area contributed by atoms with E-state index in [1.807, 2.05) is 103 Å². The molecule has 0 aromatic heterocycles. The molecule has 1 atom stereocenters. The van der Waals surface area contributed by atoms with Crippen LogP contribution in [0.2, 0.25) is 0 Å². The van der Waals surface area contributed by atoms with Gasteiger partial charge in [0.1, 0.15) is 34.3 Å². The minimum atomic E-state index is -2.28. The van der Waals surface area contributed by atoms with Crippen LogP contribution in [0, 0.1) is 0 Å². The van der Waals surface area contributed by atoms with Crippen LogP contribution in [0.25, 0.3) is 11.1 Å². The lowest BCUT2D eigenvalue weighted by Crippen LogP contribution is -2.48. The third kappa shape index (κ3) is 8.09. The molecule has 0 bridgehead atoms. The quantitative estimate of drug-likeness (QED) is 0.118. The molecule has 0 aliphatic carbocycles. The van der Waals surface area contributed by atoms with Gasteiger partial charge in [0.05, 0.1) is 14.2 Å². The van der Waals surface area contributed by atoms with Crippen LogP contribution in [0.4, 0.5) is 0 Å². The first-order valence-corrected chi connectivity index (χ1v) is 24.0. The summed E-state index contributed by atoms with van der Waals surface area (Å²) in [5.74, 6) is 1.92. The molecule has 0 spiro atoms. The molecule has 2 aliphatic rings. The molecule has 66 heavy (non-hydrogen) atoms. The van der Waals surface area contributed by atoms with Crippen LogP contribution in [0.5, 0.6) is 28.7 Å². The highest BCUT2D eigenvalue weighted by atomic mass is 31.2. The molecule has 0 N–H and O–H groups in total. The minimum absolute atomic E-state index is 0.326. The first-order chi connectivity index (χ1) is 31.8. The SMILES string of the molecule is COc1cc(-c2cc(OC)cc(C(C)(C)C)c2OP2OC(c3ccccc3)(c3ccccc3)C(c3ccccc3)(c3ccccc3)O2)c(OP2OC(=O)c3ccccc3O2)c(C(C)(C)C)c1. The van der Waals surface area contributed by atoms with Crippen LogP contribution in [0.3, 0.4) is 0 Å². The zero-order chi connectivity index (χ0) is 46.3. The predicted molar refractivity (Wildman–Crippen MR) is 259 cm³/mol. The van der Waals surface area contributed by atoms with Crippen LogP contribution in [0.1, 0.15) is 85.3 Å². The maximum absolute atomic E-state index is 13.4. The third-order valence-electron chi connectivity index (χ3n) is 11.9. The van der Waals surface area contributed by atoms with Gasteiger partial charge < -0.3 is 27.6 Å². The standard InChI is InChI=1S/C55H52O9P2/c1-52(2,3)46-35-41(57-7)33-44(49(46)60-65-59-48-32-22-21-31-43(48)51(56)62-65)45-34-42(58-8)36-47(53(4,5)6)50(45)61-66-63-54(37-23-13-9-14-24-37,38-25-15-10-16-26-38)55(64-66,39-27-17-11-18-28-39)40-29-19-12-20-30-40/h9-36H,1-8H3. The Bertz CT molecular complexity index is 2670. The van der Waals surface area contributed by atoms with E-state index >= 15 is 0 Å². The number of hydrogen-bond acceptors (Lipinski definition) is 9. The molecular formula is C55H52O9P2. The maximum Gasteiger partial charge on any atom is 0.532 e. The van der Waals surface area contributed by atoms with Gasteiger partial charge in [0.25, 0.3) is 0 Å². The summed E-state index contributed by atoms with van der Waals surface area (Å²) >= 11 is 0. The molecule has 2 aliphatic heterocycles. The fraction of sp³-hybridized carbons (Fsp3) is 0.218. The Labute approximate surface area is 389 Å². The molecule has 9 nitrogen and oxygen atoms in total. The first-order valence-electron chi connectivity index (χ1n) is 21.8. The predicted octanol–water partition coefficient (Wildman–Crippen LogP) is 14.4. The van der Waals surface area contributed by atoms with Crippen LogP contribution >= 0.6 is 17.2 Å². The van der Waals surface area contributed by atoms with E-state index in [9.17, 15) is 4.79 Å². The highest BCUT2D eigenvalue weighted by molar-refractivity contribution is 7.43. The average Bonchev–Trinajstić information content (AvgIpc) is 3.68. The van der Waals surface area contributed by atoms with E-state index in [0.29, 0.717) is 45.4 Å². The van der Waals surface area contributed by atoms with Crippen LogP contribution in [-0.4, -0.2) is 20.2 Å². The number of benzene rings is 7. The van der Waals surface area contributed by atoms with Gasteiger partial charge in [-0.1, -0.05) is 175 Å². The lowest BCUT2D eigenvalue weighted by molar-refractivity contribution is 0.00370. The summed E-state index contributed by atoms with van der Waals surface area (Å²) in [4.78, 5) is 13.4. The molecule has 1 fully saturated rings. The maximum atomic E-state index is 13.4. The van der Waals surface area contributed by atoms with E-state index in [-0.39, 0.29) is 0 Å². The first kappa shape index (κ1) is 45.0. The van der Waals surface area contributed by atoms with E-state index < -0.39 is 45.2 Å². The fourth-order valence-electron chi connectivity index (χ4n) is 8.73. The van der Waals surface area contributed by atoms with Crippen molar-refractivity contribution in [2.45, 2.75) is 63.6 Å². The molecule has 2 heterocycles. The summed E-state index contributed by atoms with van der Waals surface area (Å²) in [5, 5.41) is 0. The molecule has 7 aromatic rings. The van der Waals surface area contributed by atoms with E-state index in [2.05, 4.69) is 90.1 Å². The summed E-state index contributed by atoms with van der Waals surface area (Å²) < 4.78 is 53.8. The highest BCUT2D eigenvalue weighted by Crippen LogP contribution is 2.71. The Balaban J connectivity index is 1.30. The normalized spacial score (nSPS) is 16.7. The Morgan fingerprint density at radius 3 is 1.18 bits per heavy atom. The molecule has 1 saturated heterocycles. The van der Waals surface area contributed by atoms with Crippen molar-refractivity contribution in [3.8, 4) is 39.9 Å². The van der Waals surface area contributed by atoms with Crippen molar-refractivity contribution in [3.63, 3.8) is 0 Å². The van der Waals surface area contributed by atoms with Crippen molar-refractivity contribution < 1.29 is 41.4 Å². The second-order valence-corrected chi connectivity index (χ2v) is 20.2. The molecule has 7 aromatic carbocycles. The molecule has 336 valence electrons. The van der Waals surface area contributed by atoms with Gasteiger partial charge in [0.2, 0.25) is 0 Å². The second kappa shape index (κ2) is 17.9. The number of hydrogen-bond donors (Lipinski definition) is 0. The fourth-order valence-corrected chi connectivity index (χ4v) is 11.3. The Kier molecular flexibility index (Phi) is 12.2. The smallest absolute Gasteiger partial charge is 0.497 e. The van der Waals surface area contributed by atoms with Gasteiger partial charge in [-0.3, -0.25) is 9.05 Å². The molecule has 0 radical (unpaired) electrons. The zero-order valence-electron chi connectivity index (χ0n) is 38.2. The van der Waals surface area contributed by atoms with Gasteiger partial charge in [-0.05, 0) is 69.5 Å². The topological polar surface area (TPSA) is 90.9 Å². The Morgan fingerprint density at radius 1 is 0.439 bits per heavy atom. The molecular weight excluding hydrogens is 867 g/mol. The van der Waals surface area contributed by atoms with Gasteiger partial charge in [0, 0.05) is 22.3 Å². The van der Waals surface area contributed by atoms with Gasteiger partial charge in [-0.25, -0.2) is 4.79 Å². The van der Waals surface area contributed by atoms with Crippen molar-refractivity contribution in [2.75, 3.05) is 14.2 Å². The van der Waals surface area contributed by atoms with Crippen molar-refractivity contribution in [1.82, 2.24) is 0 Å². The van der Waals surface area contributed by atoms with Crippen LogP contribution in [-0.2, 0) is 35.6 Å². The van der Waals surface area contributed by atoms with Crippen LogP contribution < -0.4 is 23.0 Å². The number of fused-ring (bicyclic) bond motifs is 1. The minimum Gasteiger partial charge on any atom is -0.497 e. The number of ether oxygens (including phenoxy) is 2. The van der Waals surface area contributed by atoms with Crippen molar-refractivity contribution in [3.05, 3.63) is 209 Å². The monoisotopic (exact) mass is 918 g/mol. The molecule has 11 heteroatoms. The van der Waals surface area contributed by atoms with Gasteiger partial charge in [0.15, 0.2) is 11.2 Å². The number of rotatable bonds is 11. The van der Waals surface area contributed by atoms with E-state index in [1.54, 1.807) is 32.4 Å². The highest BCUT2D eigenvalue weighted by Gasteiger charge is 2.67. The lowest BCUT2D eigenvalue weighted by atomic mass is 9.66. The van der Waals surface area contributed by atoms with Crippen molar-refractivity contribution in [1.29, 1.82) is 0 Å². The van der Waals surface area contributed by atoms with E-state index in [4.69, 9.17) is 36.6 Å². The summed E-state index contributed by atoms with van der Waals surface area (Å²) in [5.41, 5.74) is 3.08. The van der Waals surface area contributed by atoms with E-state index in [0.717, 1.165) is 33.4 Å². The molecule has 0 amide bonds. The number of para-hydroxylation sites is 1. The van der Waals surface area contributed by atoms with Crippen molar-refractivity contribution in [2.24, 2.45) is 0 Å².